The van der Waals surface area contributed by atoms with E-state index in [1.54, 1.807) is 24.6 Å². The Labute approximate surface area is 104 Å². The van der Waals surface area contributed by atoms with Gasteiger partial charge in [0.15, 0.2) is 5.69 Å². The largest absolute Gasteiger partial charge is 0.467 e. The van der Waals surface area contributed by atoms with Gasteiger partial charge in [0.1, 0.15) is 5.76 Å². The number of furan rings is 1. The number of carbonyl (C=O) groups excluding carboxylic acids is 1. The minimum absolute atomic E-state index is 0.216. The lowest BCUT2D eigenvalue weighted by atomic mass is 10.2. The molecule has 0 saturated heterocycles. The van der Waals surface area contributed by atoms with E-state index >= 15 is 0 Å². The third-order valence-corrected chi connectivity index (χ3v) is 2.45. The molecular formula is C11H15N5O2. The average Bonchev–Trinajstić information content (AvgIpc) is 3.00. The first-order valence-corrected chi connectivity index (χ1v) is 5.65. The van der Waals surface area contributed by atoms with E-state index in [-0.39, 0.29) is 17.6 Å². The molecular weight excluding hydrogens is 234 g/mol. The summed E-state index contributed by atoms with van der Waals surface area (Å²) in [5, 5.41) is 10.4. The van der Waals surface area contributed by atoms with E-state index in [9.17, 15) is 4.79 Å². The molecule has 0 unspecified atom stereocenters. The van der Waals surface area contributed by atoms with Gasteiger partial charge in [-0.2, -0.15) is 0 Å². The van der Waals surface area contributed by atoms with Gasteiger partial charge in [-0.15, -0.1) is 5.10 Å². The Bertz CT molecular complexity index is 505. The molecule has 0 aliphatic heterocycles. The molecule has 1 atom stereocenters. The minimum atomic E-state index is -0.290. The van der Waals surface area contributed by atoms with Crippen LogP contribution in [-0.2, 0) is 6.54 Å². The molecule has 0 spiro atoms. The average molecular weight is 249 g/mol. The fourth-order valence-corrected chi connectivity index (χ4v) is 1.52. The van der Waals surface area contributed by atoms with Gasteiger partial charge in [-0.3, -0.25) is 9.48 Å². The standard InChI is InChI=1S/C11H15N5O2/c1-8(10-3-2-6-18-10)13-11(17)9-7-16(5-4-12)15-14-9/h2-3,6-8H,4-5,12H2,1H3,(H,13,17)/t8-/m1/s1. The third-order valence-electron chi connectivity index (χ3n) is 2.45. The molecule has 2 aromatic rings. The third kappa shape index (κ3) is 2.75. The number of nitrogens with two attached hydrogens (primary N) is 1. The Morgan fingerprint density at radius 1 is 1.67 bits per heavy atom. The Hall–Kier alpha value is -2.15. The van der Waals surface area contributed by atoms with Crippen LogP contribution in [0.1, 0.15) is 29.2 Å². The number of hydrogen-bond donors (Lipinski definition) is 2. The van der Waals surface area contributed by atoms with E-state index in [0.29, 0.717) is 18.8 Å². The maximum atomic E-state index is 11.9. The Morgan fingerprint density at radius 2 is 2.50 bits per heavy atom. The number of aromatic nitrogens is 3. The van der Waals surface area contributed by atoms with E-state index in [0.717, 1.165) is 0 Å². The summed E-state index contributed by atoms with van der Waals surface area (Å²) in [5.74, 6) is 0.403. The first-order valence-electron chi connectivity index (χ1n) is 5.65. The van der Waals surface area contributed by atoms with Crippen LogP contribution in [0.4, 0.5) is 0 Å². The van der Waals surface area contributed by atoms with Crippen molar-refractivity contribution >= 4 is 5.91 Å². The van der Waals surface area contributed by atoms with E-state index in [4.69, 9.17) is 10.2 Å². The summed E-state index contributed by atoms with van der Waals surface area (Å²) in [4.78, 5) is 11.9. The second kappa shape index (κ2) is 5.46. The van der Waals surface area contributed by atoms with Crippen molar-refractivity contribution in [1.82, 2.24) is 20.3 Å². The fourth-order valence-electron chi connectivity index (χ4n) is 1.52. The van der Waals surface area contributed by atoms with Crippen LogP contribution in [0.3, 0.4) is 0 Å². The van der Waals surface area contributed by atoms with Crippen LogP contribution in [0, 0.1) is 0 Å². The lowest BCUT2D eigenvalue weighted by Crippen LogP contribution is -2.26. The lowest BCUT2D eigenvalue weighted by Gasteiger charge is -2.09. The van der Waals surface area contributed by atoms with Gasteiger partial charge in [-0.1, -0.05) is 5.21 Å². The zero-order valence-corrected chi connectivity index (χ0v) is 10.0. The summed E-state index contributed by atoms with van der Waals surface area (Å²) in [5.41, 5.74) is 5.65. The van der Waals surface area contributed by atoms with Gasteiger partial charge < -0.3 is 15.5 Å². The van der Waals surface area contributed by atoms with Crippen LogP contribution in [-0.4, -0.2) is 27.4 Å². The molecule has 2 aromatic heterocycles. The van der Waals surface area contributed by atoms with Gasteiger partial charge in [0.05, 0.1) is 25.0 Å². The van der Waals surface area contributed by atoms with Crippen molar-refractivity contribution in [2.24, 2.45) is 5.73 Å². The molecule has 0 bridgehead atoms. The summed E-state index contributed by atoms with van der Waals surface area (Å²) in [6.45, 7) is 2.82. The van der Waals surface area contributed by atoms with Crippen molar-refractivity contribution in [3.8, 4) is 0 Å². The topological polar surface area (TPSA) is 99.0 Å². The van der Waals surface area contributed by atoms with Crippen LogP contribution >= 0.6 is 0 Å². The first kappa shape index (κ1) is 12.3. The molecule has 0 aromatic carbocycles. The quantitative estimate of drug-likeness (QED) is 0.795. The first-order chi connectivity index (χ1) is 8.70. The molecule has 96 valence electrons. The van der Waals surface area contributed by atoms with E-state index in [1.165, 1.54) is 4.68 Å². The zero-order valence-electron chi connectivity index (χ0n) is 10.0. The van der Waals surface area contributed by atoms with Crippen LogP contribution in [0.5, 0.6) is 0 Å². The highest BCUT2D eigenvalue weighted by Gasteiger charge is 2.15. The smallest absolute Gasteiger partial charge is 0.274 e. The molecule has 2 heterocycles. The maximum Gasteiger partial charge on any atom is 0.274 e. The van der Waals surface area contributed by atoms with E-state index < -0.39 is 0 Å². The number of rotatable bonds is 5. The molecule has 1 amide bonds. The van der Waals surface area contributed by atoms with Gasteiger partial charge in [-0.05, 0) is 19.1 Å². The molecule has 18 heavy (non-hydrogen) atoms. The molecule has 7 nitrogen and oxygen atoms in total. The summed E-state index contributed by atoms with van der Waals surface area (Å²) in [6.07, 6.45) is 3.13. The molecule has 0 saturated carbocycles. The number of hydrogen-bond acceptors (Lipinski definition) is 5. The number of amides is 1. The second-order valence-electron chi connectivity index (χ2n) is 3.87. The normalized spacial score (nSPS) is 12.3. The van der Waals surface area contributed by atoms with Gasteiger partial charge in [0.2, 0.25) is 0 Å². The van der Waals surface area contributed by atoms with Gasteiger partial charge in [-0.25, -0.2) is 0 Å². The molecule has 2 rings (SSSR count). The fraction of sp³-hybridized carbons (Fsp3) is 0.364. The molecule has 0 radical (unpaired) electrons. The Morgan fingerprint density at radius 3 is 3.17 bits per heavy atom. The highest BCUT2D eigenvalue weighted by Crippen LogP contribution is 2.12. The summed E-state index contributed by atoms with van der Waals surface area (Å²) < 4.78 is 6.74. The molecule has 0 aliphatic rings. The van der Waals surface area contributed by atoms with Crippen molar-refractivity contribution in [2.45, 2.75) is 19.5 Å². The molecule has 0 fully saturated rings. The Kier molecular flexibility index (Phi) is 3.73. The van der Waals surface area contributed by atoms with Crippen molar-refractivity contribution in [1.29, 1.82) is 0 Å². The van der Waals surface area contributed by atoms with Gasteiger partial charge in [0, 0.05) is 6.54 Å². The number of nitrogens with zero attached hydrogens (tertiary/aromatic N) is 3. The zero-order chi connectivity index (χ0) is 13.0. The minimum Gasteiger partial charge on any atom is -0.467 e. The van der Waals surface area contributed by atoms with Crippen molar-refractivity contribution < 1.29 is 9.21 Å². The lowest BCUT2D eigenvalue weighted by molar-refractivity contribution is 0.0930. The van der Waals surface area contributed by atoms with Crippen LogP contribution < -0.4 is 11.1 Å². The molecule has 3 N–H and O–H groups in total. The molecule has 7 heteroatoms. The molecule has 0 aliphatic carbocycles. The van der Waals surface area contributed by atoms with Crippen molar-refractivity contribution in [3.63, 3.8) is 0 Å². The predicted octanol–water partition coefficient (Wildman–Crippen LogP) is 0.321. The van der Waals surface area contributed by atoms with Gasteiger partial charge in [0.25, 0.3) is 5.91 Å². The van der Waals surface area contributed by atoms with E-state index in [1.807, 2.05) is 6.92 Å². The Balaban J connectivity index is 1.98. The summed E-state index contributed by atoms with van der Waals surface area (Å²) >= 11 is 0. The summed E-state index contributed by atoms with van der Waals surface area (Å²) in [6, 6.07) is 3.36. The number of nitrogens with one attached hydrogen (secondary N) is 1. The van der Waals surface area contributed by atoms with Gasteiger partial charge >= 0.3 is 0 Å². The predicted molar refractivity (Wildman–Crippen MR) is 63.7 cm³/mol. The van der Waals surface area contributed by atoms with E-state index in [2.05, 4.69) is 15.6 Å². The monoisotopic (exact) mass is 249 g/mol. The summed E-state index contributed by atoms with van der Waals surface area (Å²) in [7, 11) is 0. The maximum absolute atomic E-state index is 11.9. The highest BCUT2D eigenvalue weighted by molar-refractivity contribution is 5.92. The van der Waals surface area contributed by atoms with Crippen LogP contribution in [0.2, 0.25) is 0 Å². The second-order valence-corrected chi connectivity index (χ2v) is 3.87. The highest BCUT2D eigenvalue weighted by atomic mass is 16.3. The van der Waals surface area contributed by atoms with Crippen molar-refractivity contribution in [2.75, 3.05) is 6.54 Å². The van der Waals surface area contributed by atoms with Crippen LogP contribution in [0.25, 0.3) is 0 Å². The van der Waals surface area contributed by atoms with Crippen LogP contribution in [0.15, 0.2) is 29.0 Å². The SMILES string of the molecule is C[C@@H](NC(=O)c1cn(CCN)nn1)c1ccco1. The number of carbonyl (C=O) groups is 1. The van der Waals surface area contributed by atoms with Crippen molar-refractivity contribution in [3.05, 3.63) is 36.0 Å².